The Morgan fingerprint density at radius 2 is 2.00 bits per heavy atom. The third-order valence-corrected chi connectivity index (χ3v) is 1.06. The van der Waals surface area contributed by atoms with Gasteiger partial charge in [-0.2, -0.15) is 0 Å². The Morgan fingerprint density at radius 3 is 2.50 bits per heavy atom. The van der Waals surface area contributed by atoms with Gasteiger partial charge in [-0.1, -0.05) is 0 Å². The average Bonchev–Trinajstić information content (AvgIpc) is 1.94. The fourth-order valence-electron chi connectivity index (χ4n) is 0.593. The molecule has 1 rings (SSSR count). The lowest BCUT2D eigenvalue weighted by molar-refractivity contribution is 0.597. The Labute approximate surface area is 57.5 Å². The fraction of sp³-hybridized carbons (Fsp3) is 0. The first-order valence-corrected chi connectivity index (χ1v) is 2.62. The number of hydrogen-bond donors (Lipinski definition) is 0. The summed E-state index contributed by atoms with van der Waals surface area (Å²) in [6.07, 6.45) is 6.52. The Hall–Kier alpha value is -1.36. The molecule has 0 N–H and O–H groups in total. The molecule has 0 amide bonds. The predicted octanol–water partition coefficient (Wildman–Crippen LogP) is 1.90. The highest BCUT2D eigenvalue weighted by atomic mass is 19.1. The van der Waals surface area contributed by atoms with E-state index < -0.39 is 11.6 Å². The van der Waals surface area contributed by atoms with Gasteiger partial charge in [-0.3, -0.25) is 0 Å². The van der Waals surface area contributed by atoms with Crippen LogP contribution in [0.5, 0.6) is 0 Å². The van der Waals surface area contributed by atoms with E-state index in [-0.39, 0.29) is 5.56 Å². The molecule has 49 valence electrons. The maximum absolute atomic E-state index is 12.4. The van der Waals surface area contributed by atoms with Crippen LogP contribution in [-0.2, 0) is 0 Å². The molecular weight excluding hydrogens is 134 g/mol. The average molecular weight is 137 g/mol. The first-order chi connectivity index (χ1) is 4.74. The molecule has 0 spiro atoms. The number of rotatable bonds is 0. The van der Waals surface area contributed by atoms with Crippen molar-refractivity contribution in [1.82, 2.24) is 0 Å². The van der Waals surface area contributed by atoms with E-state index in [1.807, 2.05) is 0 Å². The van der Waals surface area contributed by atoms with Crippen LogP contribution in [0.3, 0.4) is 0 Å². The predicted molar refractivity (Wildman–Crippen MR) is 32.6 cm³/mol. The van der Waals surface area contributed by atoms with Crippen molar-refractivity contribution in [2.45, 2.75) is 0 Å². The molecular formula is C8H3F2. The Kier molecular flexibility index (Phi) is 1.68. The van der Waals surface area contributed by atoms with Gasteiger partial charge in [0, 0.05) is 0 Å². The molecule has 1 radical (unpaired) electrons. The molecule has 0 aliphatic rings. The minimum atomic E-state index is -0.628. The SMILES string of the molecule is [C]#Cc1cc(F)ccc1F. The van der Waals surface area contributed by atoms with Crippen molar-refractivity contribution in [3.8, 4) is 5.92 Å². The lowest BCUT2D eigenvalue weighted by atomic mass is 10.2. The minimum absolute atomic E-state index is 0.153. The first-order valence-electron chi connectivity index (χ1n) is 2.62. The monoisotopic (exact) mass is 137 g/mol. The number of hydrogen-bond acceptors (Lipinski definition) is 0. The minimum Gasteiger partial charge on any atom is -0.207 e. The summed E-state index contributed by atoms with van der Waals surface area (Å²) in [5, 5.41) is 0. The van der Waals surface area contributed by atoms with Crippen molar-refractivity contribution in [1.29, 1.82) is 0 Å². The van der Waals surface area contributed by atoms with Crippen LogP contribution in [-0.4, -0.2) is 0 Å². The Balaban J connectivity index is 3.25. The number of benzene rings is 1. The van der Waals surface area contributed by atoms with Crippen LogP contribution in [0.25, 0.3) is 0 Å². The molecule has 0 aliphatic heterocycles. The third-order valence-electron chi connectivity index (χ3n) is 1.06. The standard InChI is InChI=1S/C8H3F2/c1-2-6-5-7(9)3-4-8(6)10/h3-5H. The van der Waals surface area contributed by atoms with Gasteiger partial charge in [0.2, 0.25) is 0 Å². The Morgan fingerprint density at radius 1 is 1.30 bits per heavy atom. The summed E-state index contributed by atoms with van der Waals surface area (Å²) in [6.45, 7) is 0. The highest BCUT2D eigenvalue weighted by Gasteiger charge is 1.98. The lowest BCUT2D eigenvalue weighted by Gasteiger charge is -1.91. The van der Waals surface area contributed by atoms with E-state index in [4.69, 9.17) is 6.42 Å². The molecule has 0 saturated heterocycles. The van der Waals surface area contributed by atoms with Crippen LogP contribution in [0.15, 0.2) is 18.2 Å². The van der Waals surface area contributed by atoms with Crippen molar-refractivity contribution in [2.24, 2.45) is 0 Å². The number of halogens is 2. The molecule has 1 aromatic rings. The van der Waals surface area contributed by atoms with E-state index in [1.54, 1.807) is 5.92 Å². The second-order valence-corrected chi connectivity index (χ2v) is 1.75. The van der Waals surface area contributed by atoms with Crippen molar-refractivity contribution in [2.75, 3.05) is 0 Å². The molecule has 10 heavy (non-hydrogen) atoms. The largest absolute Gasteiger partial charge is 0.207 e. The molecule has 0 aliphatic carbocycles. The highest BCUT2D eigenvalue weighted by Crippen LogP contribution is 2.07. The maximum Gasteiger partial charge on any atom is 0.139 e. The van der Waals surface area contributed by atoms with Gasteiger partial charge < -0.3 is 0 Å². The van der Waals surface area contributed by atoms with Crippen molar-refractivity contribution >= 4 is 0 Å². The van der Waals surface area contributed by atoms with Gasteiger partial charge in [0.25, 0.3) is 0 Å². The van der Waals surface area contributed by atoms with Crippen molar-refractivity contribution in [3.05, 3.63) is 41.8 Å². The van der Waals surface area contributed by atoms with Gasteiger partial charge in [-0.25, -0.2) is 8.78 Å². The summed E-state index contributed by atoms with van der Waals surface area (Å²) in [7, 11) is 0. The van der Waals surface area contributed by atoms with E-state index in [0.717, 1.165) is 18.2 Å². The van der Waals surface area contributed by atoms with Gasteiger partial charge in [0.05, 0.1) is 5.56 Å². The molecule has 0 nitrogen and oxygen atoms in total. The second kappa shape index (κ2) is 2.49. The summed E-state index contributed by atoms with van der Waals surface area (Å²) in [5.41, 5.74) is -0.153. The molecule has 0 aromatic heterocycles. The summed E-state index contributed by atoms with van der Waals surface area (Å²) in [4.78, 5) is 0. The zero-order valence-corrected chi connectivity index (χ0v) is 4.99. The summed E-state index contributed by atoms with van der Waals surface area (Å²) in [5.74, 6) is 0.584. The second-order valence-electron chi connectivity index (χ2n) is 1.75. The summed E-state index contributed by atoms with van der Waals surface area (Å²) < 4.78 is 24.7. The van der Waals surface area contributed by atoms with E-state index >= 15 is 0 Å². The van der Waals surface area contributed by atoms with Gasteiger partial charge in [0.15, 0.2) is 0 Å². The van der Waals surface area contributed by atoms with Crippen LogP contribution >= 0.6 is 0 Å². The van der Waals surface area contributed by atoms with Crippen LogP contribution in [0.1, 0.15) is 5.56 Å². The fourth-order valence-corrected chi connectivity index (χ4v) is 0.593. The normalized spacial score (nSPS) is 8.90. The van der Waals surface area contributed by atoms with Gasteiger partial charge in [-0.05, 0) is 30.5 Å². The molecule has 2 heteroatoms. The van der Waals surface area contributed by atoms with Gasteiger partial charge in [-0.15, -0.1) is 0 Å². The molecule has 0 bridgehead atoms. The zero-order valence-electron chi connectivity index (χ0n) is 4.99. The van der Waals surface area contributed by atoms with E-state index in [0.29, 0.717) is 0 Å². The van der Waals surface area contributed by atoms with Crippen LogP contribution < -0.4 is 0 Å². The van der Waals surface area contributed by atoms with Crippen molar-refractivity contribution < 1.29 is 8.78 Å². The van der Waals surface area contributed by atoms with Gasteiger partial charge in [0.1, 0.15) is 11.6 Å². The van der Waals surface area contributed by atoms with Crippen LogP contribution in [0.4, 0.5) is 8.78 Å². The first kappa shape index (κ1) is 6.76. The van der Waals surface area contributed by atoms with Crippen molar-refractivity contribution in [3.63, 3.8) is 0 Å². The lowest BCUT2D eigenvalue weighted by Crippen LogP contribution is -1.83. The molecule has 1 aromatic carbocycles. The van der Waals surface area contributed by atoms with Crippen LogP contribution in [0, 0.1) is 24.0 Å². The topological polar surface area (TPSA) is 0 Å². The summed E-state index contributed by atoms with van der Waals surface area (Å²) in [6, 6.07) is 2.88. The third kappa shape index (κ3) is 1.14. The molecule has 0 fully saturated rings. The van der Waals surface area contributed by atoms with E-state index in [2.05, 4.69) is 0 Å². The summed E-state index contributed by atoms with van der Waals surface area (Å²) >= 11 is 0. The van der Waals surface area contributed by atoms with Crippen LogP contribution in [0.2, 0.25) is 0 Å². The smallest absolute Gasteiger partial charge is 0.139 e. The van der Waals surface area contributed by atoms with E-state index in [9.17, 15) is 8.78 Å². The Bertz CT molecular complexity index is 284. The molecule has 0 heterocycles. The zero-order chi connectivity index (χ0) is 7.56. The van der Waals surface area contributed by atoms with Gasteiger partial charge >= 0.3 is 0 Å². The molecule has 0 atom stereocenters. The molecule has 0 saturated carbocycles. The quantitative estimate of drug-likeness (QED) is 0.479. The molecule has 0 unspecified atom stereocenters. The van der Waals surface area contributed by atoms with E-state index in [1.165, 1.54) is 0 Å². The highest BCUT2D eigenvalue weighted by molar-refractivity contribution is 5.31. The maximum atomic E-state index is 12.4.